The number of allylic oxidation sites excluding steroid dienone is 6. The molecule has 4 aromatic rings. The molecule has 6 rings (SSSR count). The molecule has 2 aliphatic rings. The Labute approximate surface area is 229 Å². The molecule has 0 N–H and O–H groups in total. The molecule has 0 radical (unpaired) electrons. The third-order valence-corrected chi connectivity index (χ3v) is 9.35. The second-order valence-electron chi connectivity index (χ2n) is 11.3. The van der Waals surface area contributed by atoms with Crippen LogP contribution in [0.5, 0.6) is 0 Å². The monoisotopic (exact) mass is 516 g/mol. The number of benzene rings is 3. The Bertz CT molecular complexity index is 1660. The van der Waals surface area contributed by atoms with Crippen LogP contribution in [0.1, 0.15) is 43.8 Å². The van der Waals surface area contributed by atoms with Crippen LogP contribution in [0.15, 0.2) is 103 Å². The summed E-state index contributed by atoms with van der Waals surface area (Å²) in [6.45, 7) is 9.24. The molecule has 190 valence electrons. The summed E-state index contributed by atoms with van der Waals surface area (Å²) < 4.78 is 3.53. The molecule has 0 unspecified atom stereocenters. The van der Waals surface area contributed by atoms with Crippen LogP contribution >= 0.6 is 11.3 Å². The van der Waals surface area contributed by atoms with Crippen molar-refractivity contribution in [1.82, 2.24) is 4.98 Å². The lowest BCUT2D eigenvalue weighted by Crippen LogP contribution is -2.26. The lowest BCUT2D eigenvalue weighted by Gasteiger charge is -2.23. The molecule has 1 aromatic heterocycles. The van der Waals surface area contributed by atoms with Crippen molar-refractivity contribution in [2.24, 2.45) is 0 Å². The maximum Gasteiger partial charge on any atom is 0.209 e. The molecule has 0 atom stereocenters. The van der Waals surface area contributed by atoms with E-state index in [0.29, 0.717) is 0 Å². The summed E-state index contributed by atoms with van der Waals surface area (Å²) in [5, 5.41) is 1.03. The molecule has 0 aliphatic carbocycles. The van der Waals surface area contributed by atoms with Crippen LogP contribution in [0.3, 0.4) is 0 Å². The van der Waals surface area contributed by atoms with E-state index >= 15 is 0 Å². The number of thiazole rings is 1. The van der Waals surface area contributed by atoms with Crippen LogP contribution in [0.2, 0.25) is 0 Å². The Balaban J connectivity index is 1.46. The van der Waals surface area contributed by atoms with Gasteiger partial charge in [-0.15, -0.1) is 11.3 Å². The summed E-state index contributed by atoms with van der Waals surface area (Å²) in [4.78, 5) is 7.35. The molecule has 0 saturated heterocycles. The first-order chi connectivity index (χ1) is 18.2. The molecule has 3 heterocycles. The second-order valence-corrected chi connectivity index (χ2v) is 12.3. The van der Waals surface area contributed by atoms with Crippen molar-refractivity contribution in [3.05, 3.63) is 119 Å². The normalized spacial score (nSPS) is 19.2. The highest BCUT2D eigenvalue weighted by atomic mass is 32.1. The van der Waals surface area contributed by atoms with Gasteiger partial charge in [-0.2, -0.15) is 4.58 Å². The van der Waals surface area contributed by atoms with Crippen molar-refractivity contribution in [3.63, 3.8) is 0 Å². The Morgan fingerprint density at radius 2 is 1.55 bits per heavy atom. The number of anilines is 1. The van der Waals surface area contributed by atoms with Crippen LogP contribution in [-0.2, 0) is 10.8 Å². The number of nitrogens with zero attached hydrogens (tertiary/aromatic N) is 3. The lowest BCUT2D eigenvalue weighted by atomic mass is 9.81. The summed E-state index contributed by atoms with van der Waals surface area (Å²) in [5.41, 5.74) is 9.85. The largest absolute Gasteiger partial charge is 0.347 e. The fourth-order valence-electron chi connectivity index (χ4n) is 6.13. The Morgan fingerprint density at radius 1 is 0.868 bits per heavy atom. The van der Waals surface area contributed by atoms with Crippen molar-refractivity contribution >= 4 is 44.2 Å². The van der Waals surface area contributed by atoms with Crippen molar-refractivity contribution < 1.29 is 4.58 Å². The van der Waals surface area contributed by atoms with Gasteiger partial charge in [0.05, 0.1) is 15.6 Å². The molecule has 0 spiro atoms. The Morgan fingerprint density at radius 3 is 2.29 bits per heavy atom. The fraction of sp³-hybridized carbons (Fsp3) is 0.235. The van der Waals surface area contributed by atoms with Gasteiger partial charge in [0.25, 0.3) is 0 Å². The third kappa shape index (κ3) is 3.78. The summed E-state index contributed by atoms with van der Waals surface area (Å²) in [6.07, 6.45) is 9.08. The van der Waals surface area contributed by atoms with Gasteiger partial charge in [0.1, 0.15) is 12.1 Å². The van der Waals surface area contributed by atoms with E-state index in [2.05, 4.69) is 148 Å². The smallest absolute Gasteiger partial charge is 0.209 e. The van der Waals surface area contributed by atoms with E-state index in [1.165, 1.54) is 38.6 Å². The first-order valence-corrected chi connectivity index (χ1v) is 14.0. The van der Waals surface area contributed by atoms with E-state index in [1.807, 2.05) is 0 Å². The van der Waals surface area contributed by atoms with Gasteiger partial charge in [0.15, 0.2) is 5.71 Å². The SMILES string of the molecule is CN1/C(=C/C=C(/C=C/C2=[N+](C)c3ccccc3C2(C)C)c2nc3ccccc3s2)C(C)(C)c2ccccc21. The molecule has 3 aromatic carbocycles. The number of hydrogen-bond donors (Lipinski definition) is 0. The highest BCUT2D eigenvalue weighted by Crippen LogP contribution is 2.47. The zero-order chi connectivity index (χ0) is 26.7. The predicted octanol–water partition coefficient (Wildman–Crippen LogP) is 8.25. The number of likely N-dealkylation sites (N-methyl/N-ethyl adjacent to an activating group) is 1. The van der Waals surface area contributed by atoms with Crippen molar-refractivity contribution in [2.45, 2.75) is 38.5 Å². The molecule has 0 bridgehead atoms. The molecular weight excluding hydrogens is 482 g/mol. The van der Waals surface area contributed by atoms with Gasteiger partial charge in [-0.25, -0.2) is 4.98 Å². The zero-order valence-electron chi connectivity index (χ0n) is 23.0. The number of hydrogen-bond acceptors (Lipinski definition) is 3. The average molecular weight is 517 g/mol. The van der Waals surface area contributed by atoms with E-state index < -0.39 is 0 Å². The van der Waals surface area contributed by atoms with Crippen LogP contribution in [0.4, 0.5) is 11.4 Å². The number of rotatable bonds is 4. The summed E-state index contributed by atoms with van der Waals surface area (Å²) in [5.74, 6) is 0. The van der Waals surface area contributed by atoms with E-state index in [4.69, 9.17) is 4.98 Å². The molecule has 0 amide bonds. The van der Waals surface area contributed by atoms with Crippen molar-refractivity contribution in [3.8, 4) is 0 Å². The number of fused-ring (bicyclic) bond motifs is 3. The minimum atomic E-state index is -0.0751. The lowest BCUT2D eigenvalue weighted by molar-refractivity contribution is -0.401. The van der Waals surface area contributed by atoms with Crippen LogP contribution in [-0.4, -0.2) is 29.4 Å². The van der Waals surface area contributed by atoms with Gasteiger partial charge in [-0.1, -0.05) is 68.5 Å². The fourth-order valence-corrected chi connectivity index (χ4v) is 7.11. The maximum absolute atomic E-state index is 5.03. The third-order valence-electron chi connectivity index (χ3n) is 8.26. The van der Waals surface area contributed by atoms with E-state index in [1.54, 1.807) is 11.3 Å². The first kappa shape index (κ1) is 24.6. The predicted molar refractivity (Wildman–Crippen MR) is 163 cm³/mol. The van der Waals surface area contributed by atoms with Crippen LogP contribution in [0, 0.1) is 0 Å². The molecule has 0 fully saturated rings. The summed E-state index contributed by atoms with van der Waals surface area (Å²) in [6, 6.07) is 25.8. The zero-order valence-corrected chi connectivity index (χ0v) is 23.8. The van der Waals surface area contributed by atoms with E-state index in [0.717, 1.165) is 16.1 Å². The summed E-state index contributed by atoms with van der Waals surface area (Å²) >= 11 is 1.75. The molecule has 3 nitrogen and oxygen atoms in total. The average Bonchev–Trinajstić information content (AvgIpc) is 3.49. The molecular formula is C34H34N3S+. The van der Waals surface area contributed by atoms with Gasteiger partial charge in [-0.3, -0.25) is 0 Å². The van der Waals surface area contributed by atoms with E-state index in [-0.39, 0.29) is 10.8 Å². The van der Waals surface area contributed by atoms with Gasteiger partial charge in [-0.05, 0) is 49.8 Å². The molecule has 0 saturated carbocycles. The van der Waals surface area contributed by atoms with Gasteiger partial charge in [0.2, 0.25) is 5.69 Å². The topological polar surface area (TPSA) is 19.1 Å². The second kappa shape index (κ2) is 8.92. The van der Waals surface area contributed by atoms with Gasteiger partial charge in [0, 0.05) is 47.1 Å². The van der Waals surface area contributed by atoms with Crippen LogP contribution in [0.25, 0.3) is 15.8 Å². The highest BCUT2D eigenvalue weighted by molar-refractivity contribution is 7.19. The number of para-hydroxylation sites is 3. The van der Waals surface area contributed by atoms with Crippen LogP contribution < -0.4 is 4.90 Å². The van der Waals surface area contributed by atoms with E-state index in [9.17, 15) is 0 Å². The Hall–Kier alpha value is -3.76. The molecule has 38 heavy (non-hydrogen) atoms. The quantitative estimate of drug-likeness (QED) is 0.201. The number of aromatic nitrogens is 1. The summed E-state index contributed by atoms with van der Waals surface area (Å²) in [7, 11) is 4.34. The van der Waals surface area contributed by atoms with Gasteiger partial charge >= 0.3 is 0 Å². The standard InChI is InChI=1S/C34H34N3S/c1-33(2)24-13-7-10-16-27(24)36(5)30(33)21-19-23(32-35-26-15-9-12-18-29(26)38-32)20-22-31-34(3,4)25-14-8-11-17-28(25)37(31)6/h7-22H,1-6H3/q+1. The van der Waals surface area contributed by atoms with Crippen molar-refractivity contribution in [2.75, 3.05) is 19.0 Å². The maximum atomic E-state index is 5.03. The molecule has 4 heteroatoms. The van der Waals surface area contributed by atoms with Crippen molar-refractivity contribution in [1.29, 1.82) is 0 Å². The highest BCUT2D eigenvalue weighted by Gasteiger charge is 2.42. The minimum absolute atomic E-state index is 0.0751. The first-order valence-electron chi connectivity index (χ1n) is 13.2. The molecule has 2 aliphatic heterocycles. The van der Waals surface area contributed by atoms with Gasteiger partial charge < -0.3 is 4.90 Å². The minimum Gasteiger partial charge on any atom is -0.347 e. The Kier molecular flexibility index (Phi) is 5.77.